The number of rotatable bonds is 55. The summed E-state index contributed by atoms with van der Waals surface area (Å²) in [5.74, 6) is 1.74. The Kier molecular flexibility index (Phi) is 52.0. The van der Waals surface area contributed by atoms with Crippen LogP contribution < -0.4 is 0 Å². The summed E-state index contributed by atoms with van der Waals surface area (Å²) in [7, 11) is 0. The second kappa shape index (κ2) is 53.2. The fraction of sp³-hybridized carbons (Fsp3) is 0.952. The van der Waals surface area contributed by atoms with Crippen LogP contribution >= 0.6 is 0 Å². The standard InChI is InChI=1S/C62H120O6/c1-7-57(5)49-43-37-31-25-21-17-13-11-9-10-12-14-19-23-27-33-39-45-51-60(63)66-54-59(68-62(65)53-47-41-35-29-30-36-42-48-56(3)4)55-67-61(64)52-46-40-34-28-24-20-16-15-18-22-26-32-38-44-50-58(6)8-2/h56-59H,7-55H2,1-6H3/t57?,58?,59-/m0/s1. The van der Waals surface area contributed by atoms with Gasteiger partial charge in [-0.15, -0.1) is 0 Å². The molecule has 0 fully saturated rings. The van der Waals surface area contributed by atoms with Gasteiger partial charge in [-0.1, -0.05) is 305 Å². The molecule has 0 saturated carbocycles. The van der Waals surface area contributed by atoms with E-state index in [4.69, 9.17) is 14.2 Å². The Hall–Kier alpha value is -1.59. The Labute approximate surface area is 425 Å². The largest absolute Gasteiger partial charge is 0.462 e. The van der Waals surface area contributed by atoms with Gasteiger partial charge in [0.05, 0.1) is 0 Å². The highest BCUT2D eigenvalue weighted by atomic mass is 16.6. The van der Waals surface area contributed by atoms with Crippen LogP contribution in [0.1, 0.15) is 343 Å². The maximum Gasteiger partial charge on any atom is 0.306 e. The summed E-state index contributed by atoms with van der Waals surface area (Å²) >= 11 is 0. The highest BCUT2D eigenvalue weighted by Crippen LogP contribution is 2.19. The fourth-order valence-corrected chi connectivity index (χ4v) is 9.47. The second-order valence-electron chi connectivity index (χ2n) is 22.3. The Morgan fingerprint density at radius 3 is 0.765 bits per heavy atom. The summed E-state index contributed by atoms with van der Waals surface area (Å²) in [6.07, 6.45) is 56.7. The van der Waals surface area contributed by atoms with Crippen LogP contribution in [0.15, 0.2) is 0 Å². The van der Waals surface area contributed by atoms with Gasteiger partial charge in [-0.05, 0) is 37.0 Å². The van der Waals surface area contributed by atoms with Crippen LogP contribution in [-0.2, 0) is 28.6 Å². The zero-order chi connectivity index (χ0) is 49.8. The molecule has 0 saturated heterocycles. The van der Waals surface area contributed by atoms with Crippen molar-refractivity contribution >= 4 is 17.9 Å². The van der Waals surface area contributed by atoms with Crippen molar-refractivity contribution in [2.75, 3.05) is 13.2 Å². The third-order valence-corrected chi connectivity index (χ3v) is 14.9. The first kappa shape index (κ1) is 66.4. The van der Waals surface area contributed by atoms with E-state index in [9.17, 15) is 14.4 Å². The Balaban J connectivity index is 4.18. The third-order valence-electron chi connectivity index (χ3n) is 14.9. The minimum Gasteiger partial charge on any atom is -0.462 e. The quantitative estimate of drug-likeness (QED) is 0.0343. The van der Waals surface area contributed by atoms with E-state index in [-0.39, 0.29) is 31.1 Å². The van der Waals surface area contributed by atoms with Crippen molar-refractivity contribution in [2.24, 2.45) is 17.8 Å². The Morgan fingerprint density at radius 1 is 0.294 bits per heavy atom. The van der Waals surface area contributed by atoms with Gasteiger partial charge in [-0.3, -0.25) is 14.4 Å². The summed E-state index contributed by atoms with van der Waals surface area (Å²) < 4.78 is 16.9. The van der Waals surface area contributed by atoms with E-state index in [1.807, 2.05) is 0 Å². The summed E-state index contributed by atoms with van der Waals surface area (Å²) in [6.45, 7) is 13.8. The van der Waals surface area contributed by atoms with E-state index in [0.29, 0.717) is 19.3 Å². The molecule has 0 aliphatic heterocycles. The maximum atomic E-state index is 12.8. The van der Waals surface area contributed by atoms with Gasteiger partial charge in [0.1, 0.15) is 13.2 Å². The number of ether oxygens (including phenoxy) is 3. The van der Waals surface area contributed by atoms with Gasteiger partial charge in [0.15, 0.2) is 6.10 Å². The molecule has 0 aromatic carbocycles. The molecule has 6 nitrogen and oxygen atoms in total. The number of hydrogen-bond donors (Lipinski definition) is 0. The number of unbranched alkanes of at least 4 members (excludes halogenated alkanes) is 36. The molecule has 0 bridgehead atoms. The molecule has 0 aromatic rings. The van der Waals surface area contributed by atoms with Crippen molar-refractivity contribution < 1.29 is 28.6 Å². The molecule has 0 rings (SSSR count). The van der Waals surface area contributed by atoms with E-state index in [2.05, 4.69) is 41.5 Å². The van der Waals surface area contributed by atoms with Crippen LogP contribution in [0.2, 0.25) is 0 Å². The zero-order valence-corrected chi connectivity index (χ0v) is 46.9. The topological polar surface area (TPSA) is 78.9 Å². The number of hydrogen-bond acceptors (Lipinski definition) is 6. The van der Waals surface area contributed by atoms with Crippen molar-refractivity contribution in [3.05, 3.63) is 0 Å². The minimum atomic E-state index is -0.764. The van der Waals surface area contributed by atoms with Gasteiger partial charge in [-0.2, -0.15) is 0 Å². The van der Waals surface area contributed by atoms with Crippen LogP contribution in [0.25, 0.3) is 0 Å². The minimum absolute atomic E-state index is 0.0640. The zero-order valence-electron chi connectivity index (χ0n) is 46.9. The highest BCUT2D eigenvalue weighted by Gasteiger charge is 2.19. The summed E-state index contributed by atoms with van der Waals surface area (Å²) in [5.41, 5.74) is 0. The monoisotopic (exact) mass is 961 g/mol. The SMILES string of the molecule is CCC(C)CCCCCCCCCCCCCCCCCCCCC(=O)OC[C@@H](COC(=O)CCCCCCCCCCCCCCCCC(C)CC)OC(=O)CCCCCCCCCC(C)C. The molecule has 0 aromatic heterocycles. The van der Waals surface area contributed by atoms with Crippen LogP contribution in [-0.4, -0.2) is 37.2 Å². The smallest absolute Gasteiger partial charge is 0.306 e. The van der Waals surface area contributed by atoms with E-state index in [1.165, 1.54) is 225 Å². The van der Waals surface area contributed by atoms with Crippen molar-refractivity contribution in [1.29, 1.82) is 0 Å². The molecular weight excluding hydrogens is 841 g/mol. The molecule has 68 heavy (non-hydrogen) atoms. The molecule has 2 unspecified atom stereocenters. The van der Waals surface area contributed by atoms with Crippen molar-refractivity contribution in [3.8, 4) is 0 Å². The van der Waals surface area contributed by atoms with Crippen molar-refractivity contribution in [1.82, 2.24) is 0 Å². The lowest BCUT2D eigenvalue weighted by Crippen LogP contribution is -2.30. The normalized spacial score (nSPS) is 12.9. The van der Waals surface area contributed by atoms with Gasteiger partial charge in [-0.25, -0.2) is 0 Å². The molecule has 0 N–H and O–H groups in total. The first-order chi connectivity index (χ1) is 33.2. The first-order valence-electron chi connectivity index (χ1n) is 30.7. The predicted molar refractivity (Wildman–Crippen MR) is 293 cm³/mol. The predicted octanol–water partition coefficient (Wildman–Crippen LogP) is 20.3. The molecule has 0 heterocycles. The van der Waals surface area contributed by atoms with Crippen molar-refractivity contribution in [2.45, 2.75) is 349 Å². The van der Waals surface area contributed by atoms with E-state index in [0.717, 1.165) is 75.5 Å². The van der Waals surface area contributed by atoms with Gasteiger partial charge >= 0.3 is 17.9 Å². The number of carbonyl (C=O) groups is 3. The maximum absolute atomic E-state index is 12.8. The molecule has 0 aliphatic rings. The third kappa shape index (κ3) is 52.2. The van der Waals surface area contributed by atoms with Crippen LogP contribution in [0, 0.1) is 17.8 Å². The molecule has 404 valence electrons. The number of esters is 3. The van der Waals surface area contributed by atoms with Crippen LogP contribution in [0.4, 0.5) is 0 Å². The van der Waals surface area contributed by atoms with Gasteiger partial charge in [0.25, 0.3) is 0 Å². The lowest BCUT2D eigenvalue weighted by molar-refractivity contribution is -0.167. The van der Waals surface area contributed by atoms with Gasteiger partial charge in [0, 0.05) is 19.3 Å². The molecule has 0 spiro atoms. The summed E-state index contributed by atoms with van der Waals surface area (Å²) in [4.78, 5) is 38.1. The molecule has 3 atom stereocenters. The molecule has 0 amide bonds. The molecule has 0 radical (unpaired) electrons. The summed E-state index contributed by atoms with van der Waals surface area (Å²) in [5, 5.41) is 0. The first-order valence-corrected chi connectivity index (χ1v) is 30.7. The Morgan fingerprint density at radius 2 is 0.515 bits per heavy atom. The van der Waals surface area contributed by atoms with E-state index < -0.39 is 6.10 Å². The average molecular weight is 962 g/mol. The van der Waals surface area contributed by atoms with Crippen molar-refractivity contribution in [3.63, 3.8) is 0 Å². The average Bonchev–Trinajstić information content (AvgIpc) is 3.33. The number of carbonyl (C=O) groups excluding carboxylic acids is 3. The summed E-state index contributed by atoms with van der Waals surface area (Å²) in [6, 6.07) is 0. The van der Waals surface area contributed by atoms with Gasteiger partial charge in [0.2, 0.25) is 0 Å². The van der Waals surface area contributed by atoms with Gasteiger partial charge < -0.3 is 14.2 Å². The molecule has 6 heteroatoms. The lowest BCUT2D eigenvalue weighted by atomic mass is 9.99. The fourth-order valence-electron chi connectivity index (χ4n) is 9.47. The lowest BCUT2D eigenvalue weighted by Gasteiger charge is -2.18. The second-order valence-corrected chi connectivity index (χ2v) is 22.3. The van der Waals surface area contributed by atoms with E-state index in [1.54, 1.807) is 0 Å². The van der Waals surface area contributed by atoms with Crippen LogP contribution in [0.3, 0.4) is 0 Å². The molecule has 0 aliphatic carbocycles. The Bertz CT molecular complexity index is 1060. The van der Waals surface area contributed by atoms with Crippen LogP contribution in [0.5, 0.6) is 0 Å². The molecular formula is C62H120O6. The van der Waals surface area contributed by atoms with E-state index >= 15 is 0 Å². The highest BCUT2D eigenvalue weighted by molar-refractivity contribution is 5.71.